The number of nitrogens with one attached hydrogen (secondary N) is 1. The van der Waals surface area contributed by atoms with E-state index in [0.29, 0.717) is 22.7 Å². The molecule has 0 aliphatic carbocycles. The Bertz CT molecular complexity index is 955. The molecule has 0 radical (unpaired) electrons. The minimum atomic E-state index is -3.35. The Hall–Kier alpha value is -3.07. The molecule has 0 aromatic heterocycles. The molecule has 1 atom stereocenters. The van der Waals surface area contributed by atoms with Crippen LogP contribution in [0.4, 0.5) is 11.4 Å². The summed E-state index contributed by atoms with van der Waals surface area (Å²) in [4.78, 5) is 24.0. The van der Waals surface area contributed by atoms with Crippen LogP contribution >= 0.6 is 0 Å². The predicted octanol–water partition coefficient (Wildman–Crippen LogP) is 2.67. The van der Waals surface area contributed by atoms with Crippen molar-refractivity contribution in [1.82, 2.24) is 0 Å². The molecule has 1 amide bonds. The maximum Gasteiger partial charge on any atom is 0.338 e. The van der Waals surface area contributed by atoms with E-state index >= 15 is 0 Å². The number of esters is 1. The summed E-state index contributed by atoms with van der Waals surface area (Å²) >= 11 is 0. The van der Waals surface area contributed by atoms with Gasteiger partial charge in [-0.1, -0.05) is 0 Å². The highest BCUT2D eigenvalue weighted by molar-refractivity contribution is 7.92. The summed E-state index contributed by atoms with van der Waals surface area (Å²) in [6, 6.07) is 12.7. The van der Waals surface area contributed by atoms with Gasteiger partial charge in [-0.05, 0) is 62.4 Å². The van der Waals surface area contributed by atoms with Gasteiger partial charge in [0.2, 0.25) is 10.0 Å². The topological polar surface area (TPSA) is 102 Å². The van der Waals surface area contributed by atoms with E-state index in [1.807, 2.05) is 0 Å². The first kappa shape index (κ1) is 22.2. The Morgan fingerprint density at radius 3 is 2.17 bits per heavy atom. The van der Waals surface area contributed by atoms with Crippen LogP contribution in [-0.4, -0.2) is 46.3 Å². The Morgan fingerprint density at radius 1 is 1.07 bits per heavy atom. The summed E-state index contributed by atoms with van der Waals surface area (Å²) in [5, 5.41) is 2.71. The number of nitrogens with zero attached hydrogens (tertiary/aromatic N) is 1. The summed E-state index contributed by atoms with van der Waals surface area (Å²) in [7, 11) is -1.90. The van der Waals surface area contributed by atoms with Crippen LogP contribution in [0.5, 0.6) is 5.75 Å². The van der Waals surface area contributed by atoms with Gasteiger partial charge in [0.15, 0.2) is 6.10 Å². The number of hydrogen-bond donors (Lipinski definition) is 1. The second-order valence-electron chi connectivity index (χ2n) is 6.27. The molecule has 29 heavy (non-hydrogen) atoms. The summed E-state index contributed by atoms with van der Waals surface area (Å²) in [6.07, 6.45) is 0.321. The van der Waals surface area contributed by atoms with Gasteiger partial charge in [-0.15, -0.1) is 0 Å². The van der Waals surface area contributed by atoms with Crippen molar-refractivity contribution < 1.29 is 27.5 Å². The molecule has 0 aliphatic heterocycles. The second-order valence-corrected chi connectivity index (χ2v) is 8.29. The Morgan fingerprint density at radius 2 is 1.66 bits per heavy atom. The van der Waals surface area contributed by atoms with Crippen molar-refractivity contribution in [2.45, 2.75) is 20.0 Å². The van der Waals surface area contributed by atoms with Crippen LogP contribution in [0.3, 0.4) is 0 Å². The summed E-state index contributed by atoms with van der Waals surface area (Å²) in [5.41, 5.74) is 1.40. The van der Waals surface area contributed by atoms with Crippen molar-refractivity contribution in [1.29, 1.82) is 0 Å². The molecule has 8 nitrogen and oxygen atoms in total. The van der Waals surface area contributed by atoms with E-state index in [4.69, 9.17) is 9.47 Å². The van der Waals surface area contributed by atoms with Gasteiger partial charge in [-0.3, -0.25) is 9.10 Å². The largest absolute Gasteiger partial charge is 0.481 e. The van der Waals surface area contributed by atoms with Gasteiger partial charge in [-0.25, -0.2) is 13.2 Å². The van der Waals surface area contributed by atoms with Gasteiger partial charge < -0.3 is 14.8 Å². The zero-order valence-electron chi connectivity index (χ0n) is 16.7. The maximum atomic E-state index is 12.3. The molecule has 156 valence electrons. The number of amides is 1. The molecule has 2 rings (SSSR count). The number of carbonyl (C=O) groups is 2. The smallest absolute Gasteiger partial charge is 0.338 e. The van der Waals surface area contributed by atoms with Crippen molar-refractivity contribution in [3.8, 4) is 5.75 Å². The molecular formula is C20H24N2O6S. The van der Waals surface area contributed by atoms with Crippen molar-refractivity contribution in [2.75, 3.05) is 29.5 Å². The third kappa shape index (κ3) is 6.21. The zero-order valence-corrected chi connectivity index (χ0v) is 17.5. The van der Waals surface area contributed by atoms with Gasteiger partial charge in [0.25, 0.3) is 5.91 Å². The van der Waals surface area contributed by atoms with Crippen molar-refractivity contribution in [3.05, 3.63) is 54.1 Å². The molecule has 0 aliphatic rings. The third-order valence-electron chi connectivity index (χ3n) is 4.04. The number of ether oxygens (including phenoxy) is 2. The summed E-state index contributed by atoms with van der Waals surface area (Å²) < 4.78 is 34.8. The van der Waals surface area contributed by atoms with Crippen LogP contribution in [0.2, 0.25) is 0 Å². The fourth-order valence-electron chi connectivity index (χ4n) is 2.33. The second kappa shape index (κ2) is 9.42. The molecular weight excluding hydrogens is 396 g/mol. The Balaban J connectivity index is 1.96. The average Bonchev–Trinajstić information content (AvgIpc) is 2.68. The van der Waals surface area contributed by atoms with Gasteiger partial charge >= 0.3 is 5.97 Å². The van der Waals surface area contributed by atoms with Crippen LogP contribution in [-0.2, 0) is 19.6 Å². The van der Waals surface area contributed by atoms with Crippen molar-refractivity contribution in [3.63, 3.8) is 0 Å². The molecule has 0 spiro atoms. The number of anilines is 2. The van der Waals surface area contributed by atoms with E-state index in [9.17, 15) is 18.0 Å². The van der Waals surface area contributed by atoms with E-state index in [-0.39, 0.29) is 12.5 Å². The lowest BCUT2D eigenvalue weighted by molar-refractivity contribution is -0.122. The standard InChI is InChI=1S/C20H24N2O6S/c1-5-27-20(24)15-6-8-16(9-7-15)21-19(23)14(2)28-18-12-10-17(11-13-18)22(3)29(4,25)26/h6-14H,5H2,1-4H3,(H,21,23)/t14-/m1/s1. The first-order valence-corrected chi connectivity index (χ1v) is 10.8. The van der Waals surface area contributed by atoms with Crippen molar-refractivity contribution >= 4 is 33.3 Å². The fourth-order valence-corrected chi connectivity index (χ4v) is 2.84. The van der Waals surface area contributed by atoms with E-state index in [1.165, 1.54) is 7.05 Å². The molecule has 0 saturated carbocycles. The van der Waals surface area contributed by atoms with Crippen LogP contribution in [0, 0.1) is 0 Å². The highest BCUT2D eigenvalue weighted by Crippen LogP contribution is 2.21. The number of sulfonamides is 1. The fraction of sp³-hybridized carbons (Fsp3) is 0.300. The molecule has 0 unspecified atom stereocenters. The van der Waals surface area contributed by atoms with E-state index < -0.39 is 22.1 Å². The van der Waals surface area contributed by atoms with Crippen LogP contribution < -0.4 is 14.4 Å². The number of benzene rings is 2. The maximum absolute atomic E-state index is 12.3. The van der Waals surface area contributed by atoms with Crippen LogP contribution in [0.25, 0.3) is 0 Å². The molecule has 0 saturated heterocycles. The Kier molecular flexibility index (Phi) is 7.22. The SMILES string of the molecule is CCOC(=O)c1ccc(NC(=O)[C@@H](C)Oc2ccc(N(C)S(C)(=O)=O)cc2)cc1. The number of carbonyl (C=O) groups excluding carboxylic acids is 2. The lowest BCUT2D eigenvalue weighted by Gasteiger charge is -2.18. The zero-order chi connectivity index (χ0) is 21.6. The molecule has 9 heteroatoms. The molecule has 0 bridgehead atoms. The first-order chi connectivity index (χ1) is 13.6. The lowest BCUT2D eigenvalue weighted by Crippen LogP contribution is -2.30. The lowest BCUT2D eigenvalue weighted by atomic mass is 10.2. The third-order valence-corrected chi connectivity index (χ3v) is 5.25. The Labute approximate surface area is 170 Å². The van der Waals surface area contributed by atoms with Gasteiger partial charge in [0, 0.05) is 12.7 Å². The van der Waals surface area contributed by atoms with Gasteiger partial charge in [0.05, 0.1) is 24.1 Å². The molecule has 2 aromatic rings. The summed E-state index contributed by atoms with van der Waals surface area (Å²) in [6.45, 7) is 3.61. The molecule has 2 aromatic carbocycles. The quantitative estimate of drug-likeness (QED) is 0.659. The number of hydrogen-bond acceptors (Lipinski definition) is 6. The van der Waals surface area contributed by atoms with E-state index in [0.717, 1.165) is 10.6 Å². The molecule has 0 heterocycles. The molecule has 1 N–H and O–H groups in total. The summed E-state index contributed by atoms with van der Waals surface area (Å²) in [5.74, 6) is -0.366. The van der Waals surface area contributed by atoms with Crippen LogP contribution in [0.1, 0.15) is 24.2 Å². The molecule has 0 fully saturated rings. The average molecular weight is 420 g/mol. The van der Waals surface area contributed by atoms with E-state index in [1.54, 1.807) is 62.4 Å². The minimum Gasteiger partial charge on any atom is -0.481 e. The monoisotopic (exact) mass is 420 g/mol. The van der Waals surface area contributed by atoms with E-state index in [2.05, 4.69) is 5.32 Å². The minimum absolute atomic E-state index is 0.289. The predicted molar refractivity (Wildman–Crippen MR) is 111 cm³/mol. The van der Waals surface area contributed by atoms with Crippen LogP contribution in [0.15, 0.2) is 48.5 Å². The highest BCUT2D eigenvalue weighted by Gasteiger charge is 2.16. The first-order valence-electron chi connectivity index (χ1n) is 8.90. The highest BCUT2D eigenvalue weighted by atomic mass is 32.2. The van der Waals surface area contributed by atoms with Gasteiger partial charge in [0.1, 0.15) is 5.75 Å². The van der Waals surface area contributed by atoms with Gasteiger partial charge in [-0.2, -0.15) is 0 Å². The number of rotatable bonds is 8. The van der Waals surface area contributed by atoms with Crippen molar-refractivity contribution in [2.24, 2.45) is 0 Å². The normalized spacial score (nSPS) is 12.0.